The van der Waals surface area contributed by atoms with E-state index in [9.17, 15) is 0 Å². The Morgan fingerprint density at radius 1 is 1.26 bits per heavy atom. The molecule has 0 saturated carbocycles. The molecule has 1 fully saturated rings. The van der Waals surface area contributed by atoms with Crippen LogP contribution < -0.4 is 0 Å². The Morgan fingerprint density at radius 3 is 2.91 bits per heavy atom. The van der Waals surface area contributed by atoms with E-state index in [4.69, 9.17) is 4.99 Å². The summed E-state index contributed by atoms with van der Waals surface area (Å²) in [4.78, 5) is 7.44. The smallest absolute Gasteiger partial charge is 0.0601 e. The molecule has 23 heavy (non-hydrogen) atoms. The monoisotopic (exact) mass is 304 g/mol. The second kappa shape index (κ2) is 5.52. The van der Waals surface area contributed by atoms with Crippen LogP contribution in [0.15, 0.2) is 71.0 Å². The number of rotatable bonds is 3. The van der Waals surface area contributed by atoms with Gasteiger partial charge in [-0.25, -0.2) is 0 Å². The molecule has 2 unspecified atom stereocenters. The minimum Gasteiger partial charge on any atom is -0.374 e. The molecule has 0 radical (unpaired) electrons. The lowest BCUT2D eigenvalue weighted by molar-refractivity contribution is 0.357. The Morgan fingerprint density at radius 2 is 2.09 bits per heavy atom. The van der Waals surface area contributed by atoms with Crippen LogP contribution >= 0.6 is 0 Å². The Labute approximate surface area is 138 Å². The van der Waals surface area contributed by atoms with Crippen molar-refractivity contribution in [2.75, 3.05) is 13.1 Å². The van der Waals surface area contributed by atoms with E-state index in [-0.39, 0.29) is 5.41 Å². The molecule has 1 spiro atoms. The van der Waals surface area contributed by atoms with Gasteiger partial charge in [0.15, 0.2) is 0 Å². The van der Waals surface area contributed by atoms with Crippen molar-refractivity contribution in [2.24, 2.45) is 16.3 Å². The number of benzene rings is 1. The molecule has 2 heterocycles. The normalized spacial score (nSPS) is 28.7. The van der Waals surface area contributed by atoms with Crippen LogP contribution in [0.2, 0.25) is 0 Å². The fraction of sp³-hybridized carbons (Fsp3) is 0.381. The van der Waals surface area contributed by atoms with E-state index in [1.54, 1.807) is 0 Å². The van der Waals surface area contributed by atoms with Gasteiger partial charge in [-0.2, -0.15) is 0 Å². The highest BCUT2D eigenvalue weighted by atomic mass is 15.2. The molecule has 2 atom stereocenters. The number of allylic oxidation sites excluding steroid dienone is 6. The van der Waals surface area contributed by atoms with Gasteiger partial charge in [-0.05, 0) is 43.4 Å². The third-order valence-electron chi connectivity index (χ3n) is 5.62. The highest BCUT2D eigenvalue weighted by Crippen LogP contribution is 2.51. The molecule has 1 aliphatic carbocycles. The zero-order valence-electron chi connectivity index (χ0n) is 14.0. The van der Waals surface area contributed by atoms with Gasteiger partial charge >= 0.3 is 0 Å². The Hall–Kier alpha value is -2.09. The average molecular weight is 304 g/mol. The van der Waals surface area contributed by atoms with Crippen molar-refractivity contribution in [2.45, 2.75) is 26.7 Å². The SMILES string of the molecule is CC1=CC(C)C23CCN(CCc4ccccc4)C2=CC=CC3=N1. The highest BCUT2D eigenvalue weighted by molar-refractivity contribution is 6.05. The van der Waals surface area contributed by atoms with E-state index in [1.807, 2.05) is 0 Å². The van der Waals surface area contributed by atoms with E-state index in [1.165, 1.54) is 23.4 Å². The number of aliphatic imine (C=N–C) groups is 1. The van der Waals surface area contributed by atoms with Crippen LogP contribution in [0.4, 0.5) is 0 Å². The molecular weight excluding hydrogens is 280 g/mol. The van der Waals surface area contributed by atoms with Gasteiger partial charge < -0.3 is 4.90 Å². The Balaban J connectivity index is 1.59. The summed E-state index contributed by atoms with van der Waals surface area (Å²) in [5, 5.41) is 0. The van der Waals surface area contributed by atoms with Gasteiger partial charge in [0, 0.05) is 24.5 Å². The zero-order chi connectivity index (χ0) is 15.9. The van der Waals surface area contributed by atoms with Crippen molar-refractivity contribution >= 4 is 5.71 Å². The van der Waals surface area contributed by atoms with Crippen LogP contribution in [0.5, 0.6) is 0 Å². The van der Waals surface area contributed by atoms with Crippen molar-refractivity contribution in [3.8, 4) is 0 Å². The van der Waals surface area contributed by atoms with Crippen molar-refractivity contribution in [1.29, 1.82) is 0 Å². The largest absolute Gasteiger partial charge is 0.374 e. The Kier molecular flexibility index (Phi) is 3.48. The quantitative estimate of drug-likeness (QED) is 0.809. The fourth-order valence-corrected chi connectivity index (χ4v) is 4.44. The van der Waals surface area contributed by atoms with E-state index >= 15 is 0 Å². The number of hydrogen-bond acceptors (Lipinski definition) is 2. The maximum absolute atomic E-state index is 4.86. The minimum absolute atomic E-state index is 0.116. The van der Waals surface area contributed by atoms with Crippen molar-refractivity contribution in [3.63, 3.8) is 0 Å². The van der Waals surface area contributed by atoms with Gasteiger partial charge in [-0.3, -0.25) is 4.99 Å². The van der Waals surface area contributed by atoms with E-state index in [2.05, 4.69) is 73.4 Å². The third-order valence-corrected chi connectivity index (χ3v) is 5.62. The average Bonchev–Trinajstić information content (AvgIpc) is 2.94. The van der Waals surface area contributed by atoms with Crippen molar-refractivity contribution in [1.82, 2.24) is 4.90 Å². The van der Waals surface area contributed by atoms with Gasteiger partial charge in [0.2, 0.25) is 0 Å². The van der Waals surface area contributed by atoms with E-state index < -0.39 is 0 Å². The second-order valence-electron chi connectivity index (χ2n) is 6.95. The Bertz CT molecular complexity index is 723. The van der Waals surface area contributed by atoms with Crippen LogP contribution in [0.1, 0.15) is 25.8 Å². The summed E-state index contributed by atoms with van der Waals surface area (Å²) in [6.07, 6.45) is 11.4. The van der Waals surface area contributed by atoms with Crippen LogP contribution in [0.25, 0.3) is 0 Å². The van der Waals surface area contributed by atoms with Crippen molar-refractivity contribution < 1.29 is 0 Å². The lowest BCUT2D eigenvalue weighted by atomic mass is 9.66. The topological polar surface area (TPSA) is 15.6 Å². The summed E-state index contributed by atoms with van der Waals surface area (Å²) < 4.78 is 0. The first kappa shape index (κ1) is 14.5. The standard InChI is InChI=1S/C21H24N2/c1-16-15-17(2)22-19-9-6-10-20-21(16,19)12-14-23(20)13-11-18-7-4-3-5-8-18/h3-10,15-16H,11-14H2,1-2H3. The lowest BCUT2D eigenvalue weighted by Crippen LogP contribution is -2.40. The molecular formula is C21H24N2. The molecule has 2 nitrogen and oxygen atoms in total. The summed E-state index contributed by atoms with van der Waals surface area (Å²) in [5.74, 6) is 0.521. The number of nitrogens with zero attached hydrogens (tertiary/aromatic N) is 2. The van der Waals surface area contributed by atoms with Crippen LogP contribution in [-0.4, -0.2) is 23.7 Å². The second-order valence-corrected chi connectivity index (χ2v) is 6.95. The molecule has 1 aromatic carbocycles. The molecule has 0 N–H and O–H groups in total. The first-order valence-corrected chi connectivity index (χ1v) is 8.65. The molecule has 4 rings (SSSR count). The first-order chi connectivity index (χ1) is 11.2. The van der Waals surface area contributed by atoms with Gasteiger partial charge in [-0.15, -0.1) is 0 Å². The molecule has 1 aromatic rings. The highest BCUT2D eigenvalue weighted by Gasteiger charge is 2.50. The van der Waals surface area contributed by atoms with E-state index in [0.717, 1.165) is 25.2 Å². The molecule has 2 heteroatoms. The summed E-state index contributed by atoms with van der Waals surface area (Å²) >= 11 is 0. The zero-order valence-corrected chi connectivity index (χ0v) is 14.0. The van der Waals surface area contributed by atoms with Gasteiger partial charge in [0.05, 0.1) is 11.1 Å². The van der Waals surface area contributed by atoms with E-state index in [0.29, 0.717) is 5.92 Å². The summed E-state index contributed by atoms with van der Waals surface area (Å²) in [6, 6.07) is 10.8. The minimum atomic E-state index is 0.116. The molecule has 3 aliphatic rings. The molecule has 0 amide bonds. The predicted octanol–water partition coefficient (Wildman–Crippen LogP) is 4.37. The number of hydrogen-bond donors (Lipinski definition) is 0. The maximum Gasteiger partial charge on any atom is 0.0601 e. The predicted molar refractivity (Wildman–Crippen MR) is 96.3 cm³/mol. The van der Waals surface area contributed by atoms with Gasteiger partial charge in [0.25, 0.3) is 0 Å². The lowest BCUT2D eigenvalue weighted by Gasteiger charge is -2.41. The maximum atomic E-state index is 4.86. The molecule has 2 aliphatic heterocycles. The molecule has 0 aromatic heterocycles. The third kappa shape index (κ3) is 2.28. The molecule has 118 valence electrons. The molecule has 0 bridgehead atoms. The fourth-order valence-electron chi connectivity index (χ4n) is 4.44. The van der Waals surface area contributed by atoms with Gasteiger partial charge in [-0.1, -0.05) is 49.4 Å². The van der Waals surface area contributed by atoms with Crippen LogP contribution in [0.3, 0.4) is 0 Å². The summed E-state index contributed by atoms with van der Waals surface area (Å²) in [7, 11) is 0. The molecule has 1 saturated heterocycles. The van der Waals surface area contributed by atoms with Crippen molar-refractivity contribution in [3.05, 3.63) is 71.6 Å². The van der Waals surface area contributed by atoms with Gasteiger partial charge in [0.1, 0.15) is 0 Å². The first-order valence-electron chi connectivity index (χ1n) is 8.65. The summed E-state index contributed by atoms with van der Waals surface area (Å²) in [5.41, 5.74) is 5.44. The summed E-state index contributed by atoms with van der Waals surface area (Å²) in [6.45, 7) is 6.70. The number of likely N-dealkylation sites (tertiary alicyclic amines) is 1. The van der Waals surface area contributed by atoms with Crippen LogP contribution in [-0.2, 0) is 6.42 Å². The van der Waals surface area contributed by atoms with Crippen LogP contribution in [0, 0.1) is 11.3 Å².